The van der Waals surface area contributed by atoms with E-state index in [4.69, 9.17) is 5.11 Å². The van der Waals surface area contributed by atoms with Crippen LogP contribution in [-0.2, 0) is 11.2 Å². The van der Waals surface area contributed by atoms with Gasteiger partial charge in [0.05, 0.1) is 12.0 Å². The van der Waals surface area contributed by atoms with Gasteiger partial charge in [0.2, 0.25) is 5.91 Å². The van der Waals surface area contributed by atoms with Crippen LogP contribution in [0.25, 0.3) is 0 Å². The van der Waals surface area contributed by atoms with Crippen molar-refractivity contribution < 1.29 is 19.5 Å². The van der Waals surface area contributed by atoms with Crippen molar-refractivity contribution in [2.24, 2.45) is 0 Å². The molecule has 1 aliphatic rings. The minimum atomic E-state index is -1.06. The van der Waals surface area contributed by atoms with E-state index in [1.807, 2.05) is 30.3 Å². The maximum absolute atomic E-state index is 12.6. The van der Waals surface area contributed by atoms with Crippen LogP contribution < -0.4 is 0 Å². The normalized spacial score (nSPS) is 14.2. The Labute approximate surface area is 151 Å². The van der Waals surface area contributed by atoms with Gasteiger partial charge in [-0.15, -0.1) is 0 Å². The van der Waals surface area contributed by atoms with Crippen LogP contribution >= 0.6 is 0 Å². The number of rotatable bonds is 4. The van der Waals surface area contributed by atoms with E-state index >= 15 is 0 Å². The van der Waals surface area contributed by atoms with Gasteiger partial charge in [0.1, 0.15) is 0 Å². The Bertz CT molecular complexity index is 812. The molecule has 6 nitrogen and oxygen atoms in total. The lowest BCUT2D eigenvalue weighted by molar-refractivity contribution is -0.131. The molecule has 6 heteroatoms. The number of carboxylic acid groups (broad SMARTS) is 1. The van der Waals surface area contributed by atoms with Crippen molar-refractivity contribution >= 4 is 17.8 Å². The van der Waals surface area contributed by atoms with Gasteiger partial charge >= 0.3 is 5.97 Å². The Morgan fingerprint density at radius 1 is 0.808 bits per heavy atom. The number of carboxylic acids is 1. The molecule has 0 atom stereocenters. The van der Waals surface area contributed by atoms with E-state index in [9.17, 15) is 14.4 Å². The van der Waals surface area contributed by atoms with Gasteiger partial charge in [-0.2, -0.15) is 0 Å². The molecule has 134 valence electrons. The number of amides is 2. The summed E-state index contributed by atoms with van der Waals surface area (Å²) in [7, 11) is 0. The van der Waals surface area contributed by atoms with Crippen molar-refractivity contribution in [2.45, 2.75) is 6.42 Å². The molecule has 0 radical (unpaired) electrons. The highest BCUT2D eigenvalue weighted by molar-refractivity contribution is 5.97. The molecular formula is C20H20N2O4. The highest BCUT2D eigenvalue weighted by atomic mass is 16.4. The average Bonchev–Trinajstić information content (AvgIpc) is 2.68. The third-order valence-corrected chi connectivity index (χ3v) is 4.47. The number of aromatic carboxylic acids is 1. The zero-order valence-electron chi connectivity index (χ0n) is 14.3. The minimum absolute atomic E-state index is 0.0520. The van der Waals surface area contributed by atoms with Gasteiger partial charge in [0, 0.05) is 31.7 Å². The summed E-state index contributed by atoms with van der Waals surface area (Å²) in [4.78, 5) is 39.4. The molecule has 2 aromatic rings. The van der Waals surface area contributed by atoms with Gasteiger partial charge in [-0.25, -0.2) is 4.79 Å². The van der Waals surface area contributed by atoms with Gasteiger partial charge in [0.25, 0.3) is 5.91 Å². The summed E-state index contributed by atoms with van der Waals surface area (Å²) in [5, 5.41) is 9.05. The van der Waals surface area contributed by atoms with Crippen LogP contribution in [0.5, 0.6) is 0 Å². The van der Waals surface area contributed by atoms with Crippen LogP contribution in [0.1, 0.15) is 26.3 Å². The second kappa shape index (κ2) is 7.82. The first-order valence-corrected chi connectivity index (χ1v) is 8.49. The van der Waals surface area contributed by atoms with Gasteiger partial charge in [-0.1, -0.05) is 36.4 Å². The van der Waals surface area contributed by atoms with E-state index in [1.165, 1.54) is 12.1 Å². The van der Waals surface area contributed by atoms with E-state index in [-0.39, 0.29) is 17.4 Å². The number of benzene rings is 2. The molecule has 1 N–H and O–H groups in total. The molecule has 0 aliphatic carbocycles. The first kappa shape index (κ1) is 17.7. The summed E-state index contributed by atoms with van der Waals surface area (Å²) in [6.07, 6.45) is 0.357. The predicted octanol–water partition coefficient (Wildman–Crippen LogP) is 1.91. The summed E-state index contributed by atoms with van der Waals surface area (Å²) in [6.45, 7) is 1.85. The number of hydrogen-bond donors (Lipinski definition) is 1. The molecule has 1 fully saturated rings. The lowest BCUT2D eigenvalue weighted by atomic mass is 10.1. The molecule has 26 heavy (non-hydrogen) atoms. The molecule has 0 unspecified atom stereocenters. The molecule has 0 saturated carbocycles. The second-order valence-corrected chi connectivity index (χ2v) is 6.22. The third-order valence-electron chi connectivity index (χ3n) is 4.47. The SMILES string of the molecule is O=C(O)c1cccc(C(=O)N2CCN(C(=O)Cc3ccccc3)CC2)c1. The van der Waals surface area contributed by atoms with E-state index in [2.05, 4.69) is 0 Å². The Hall–Kier alpha value is -3.15. The highest BCUT2D eigenvalue weighted by Gasteiger charge is 2.25. The maximum atomic E-state index is 12.6. The molecule has 1 heterocycles. The van der Waals surface area contributed by atoms with E-state index in [0.717, 1.165) is 5.56 Å². The summed E-state index contributed by atoms with van der Waals surface area (Å²) >= 11 is 0. The number of hydrogen-bond acceptors (Lipinski definition) is 3. The standard InChI is InChI=1S/C20H20N2O4/c23-18(13-15-5-2-1-3-6-15)21-9-11-22(12-10-21)19(24)16-7-4-8-17(14-16)20(25)26/h1-8,14H,9-13H2,(H,25,26). The highest BCUT2D eigenvalue weighted by Crippen LogP contribution is 2.12. The molecule has 0 bridgehead atoms. The lowest BCUT2D eigenvalue weighted by Crippen LogP contribution is -2.51. The van der Waals surface area contributed by atoms with E-state index < -0.39 is 5.97 Å². The van der Waals surface area contributed by atoms with Crippen LogP contribution in [0, 0.1) is 0 Å². The van der Waals surface area contributed by atoms with Crippen molar-refractivity contribution in [2.75, 3.05) is 26.2 Å². The molecular weight excluding hydrogens is 332 g/mol. The van der Waals surface area contributed by atoms with Crippen molar-refractivity contribution in [1.82, 2.24) is 9.80 Å². The summed E-state index contributed by atoms with van der Waals surface area (Å²) in [5.41, 5.74) is 1.42. The quantitative estimate of drug-likeness (QED) is 0.912. The zero-order chi connectivity index (χ0) is 18.5. The largest absolute Gasteiger partial charge is 0.478 e. The topological polar surface area (TPSA) is 77.9 Å². The third kappa shape index (κ3) is 4.08. The second-order valence-electron chi connectivity index (χ2n) is 6.22. The molecule has 3 rings (SSSR count). The number of carbonyl (C=O) groups excluding carboxylic acids is 2. The van der Waals surface area contributed by atoms with Crippen LogP contribution in [0.2, 0.25) is 0 Å². The van der Waals surface area contributed by atoms with E-state index in [0.29, 0.717) is 38.2 Å². The molecule has 1 saturated heterocycles. The fraction of sp³-hybridized carbons (Fsp3) is 0.250. The first-order valence-electron chi connectivity index (χ1n) is 8.49. The van der Waals surface area contributed by atoms with Crippen LogP contribution in [-0.4, -0.2) is 58.9 Å². The number of carbonyl (C=O) groups is 3. The van der Waals surface area contributed by atoms with Crippen molar-refractivity contribution in [3.05, 3.63) is 71.3 Å². The Balaban J connectivity index is 1.58. The Morgan fingerprint density at radius 2 is 1.42 bits per heavy atom. The molecule has 0 spiro atoms. The Kier molecular flexibility index (Phi) is 5.31. The monoisotopic (exact) mass is 352 g/mol. The van der Waals surface area contributed by atoms with Crippen LogP contribution in [0.3, 0.4) is 0 Å². The van der Waals surface area contributed by atoms with Crippen LogP contribution in [0.4, 0.5) is 0 Å². The van der Waals surface area contributed by atoms with E-state index in [1.54, 1.807) is 21.9 Å². The molecule has 1 aliphatic heterocycles. The summed E-state index contributed by atoms with van der Waals surface area (Å²) in [6, 6.07) is 15.6. The number of piperazine rings is 1. The van der Waals surface area contributed by atoms with Crippen molar-refractivity contribution in [1.29, 1.82) is 0 Å². The lowest BCUT2D eigenvalue weighted by Gasteiger charge is -2.35. The minimum Gasteiger partial charge on any atom is -0.478 e. The maximum Gasteiger partial charge on any atom is 0.335 e. The Morgan fingerprint density at radius 3 is 2.08 bits per heavy atom. The van der Waals surface area contributed by atoms with Gasteiger partial charge in [-0.05, 0) is 23.8 Å². The zero-order valence-corrected chi connectivity index (χ0v) is 14.3. The summed E-state index contributed by atoms with van der Waals surface area (Å²) in [5.74, 6) is -1.21. The first-order chi connectivity index (χ1) is 12.5. The molecule has 2 amide bonds. The smallest absolute Gasteiger partial charge is 0.335 e. The molecule has 2 aromatic carbocycles. The fourth-order valence-electron chi connectivity index (χ4n) is 3.01. The van der Waals surface area contributed by atoms with Gasteiger partial charge < -0.3 is 14.9 Å². The summed E-state index contributed by atoms with van der Waals surface area (Å²) < 4.78 is 0. The van der Waals surface area contributed by atoms with Crippen molar-refractivity contribution in [3.63, 3.8) is 0 Å². The molecule has 0 aromatic heterocycles. The van der Waals surface area contributed by atoms with Gasteiger partial charge in [0.15, 0.2) is 0 Å². The number of nitrogens with zero attached hydrogens (tertiary/aromatic N) is 2. The predicted molar refractivity (Wildman–Crippen MR) is 96.0 cm³/mol. The van der Waals surface area contributed by atoms with Gasteiger partial charge in [-0.3, -0.25) is 9.59 Å². The fourth-order valence-corrected chi connectivity index (χ4v) is 3.01. The average molecular weight is 352 g/mol. The van der Waals surface area contributed by atoms with Crippen LogP contribution in [0.15, 0.2) is 54.6 Å². The van der Waals surface area contributed by atoms with Crippen molar-refractivity contribution in [3.8, 4) is 0 Å².